The zero-order chi connectivity index (χ0) is 19.6. The van der Waals surface area contributed by atoms with Gasteiger partial charge in [-0.3, -0.25) is 9.59 Å². The maximum absolute atomic E-state index is 12.6. The summed E-state index contributed by atoms with van der Waals surface area (Å²) in [6.45, 7) is 3.13. The fourth-order valence-corrected chi connectivity index (χ4v) is 2.78. The molecule has 0 radical (unpaired) electrons. The molecule has 10 heteroatoms. The summed E-state index contributed by atoms with van der Waals surface area (Å²) in [4.78, 5) is 31.9. The number of carbonyl (C=O) groups is 2. The minimum atomic E-state index is -0.407. The number of nitrogens with one attached hydrogen (secondary N) is 2. The van der Waals surface area contributed by atoms with Crippen molar-refractivity contribution in [1.82, 2.24) is 19.7 Å². The fraction of sp³-hybridized carbons (Fsp3) is 0.118. The number of anilines is 2. The van der Waals surface area contributed by atoms with Gasteiger partial charge in [0.1, 0.15) is 11.6 Å². The Morgan fingerprint density at radius 3 is 2.59 bits per heavy atom. The van der Waals surface area contributed by atoms with Crippen molar-refractivity contribution in [3.05, 3.63) is 58.0 Å². The van der Waals surface area contributed by atoms with Gasteiger partial charge < -0.3 is 10.6 Å². The summed E-state index contributed by atoms with van der Waals surface area (Å²) in [7, 11) is 0. The maximum Gasteiger partial charge on any atom is 0.257 e. The van der Waals surface area contributed by atoms with Crippen molar-refractivity contribution in [2.24, 2.45) is 0 Å². The minimum Gasteiger partial charge on any atom is -0.311 e. The Bertz CT molecular complexity index is 1030. The Morgan fingerprint density at radius 2 is 1.89 bits per heavy atom. The van der Waals surface area contributed by atoms with E-state index in [1.165, 1.54) is 42.2 Å². The van der Waals surface area contributed by atoms with Crippen LogP contribution in [0.3, 0.4) is 0 Å². The molecule has 27 heavy (non-hydrogen) atoms. The van der Waals surface area contributed by atoms with E-state index in [2.05, 4.69) is 25.7 Å². The lowest BCUT2D eigenvalue weighted by Gasteiger charge is -2.10. The molecule has 0 unspecified atom stereocenters. The van der Waals surface area contributed by atoms with Crippen LogP contribution < -0.4 is 10.6 Å². The van der Waals surface area contributed by atoms with Crippen molar-refractivity contribution in [2.75, 3.05) is 10.6 Å². The number of hydrogen-bond acceptors (Lipinski definition) is 5. The van der Waals surface area contributed by atoms with Gasteiger partial charge in [-0.25, -0.2) is 9.97 Å². The van der Waals surface area contributed by atoms with Crippen LogP contribution in [0.25, 0.3) is 5.82 Å². The zero-order valence-corrected chi connectivity index (χ0v) is 15.8. The van der Waals surface area contributed by atoms with Gasteiger partial charge in [-0.2, -0.15) is 9.78 Å². The first kappa shape index (κ1) is 18.8. The van der Waals surface area contributed by atoms with Gasteiger partial charge in [0.05, 0.1) is 15.7 Å². The first-order chi connectivity index (χ1) is 12.8. The normalized spacial score (nSPS) is 10.5. The molecule has 0 aliphatic carbocycles. The van der Waals surface area contributed by atoms with E-state index in [1.807, 2.05) is 0 Å². The molecular weight excluding hydrogens is 391 g/mol. The number of aromatic nitrogens is 4. The predicted molar refractivity (Wildman–Crippen MR) is 103 cm³/mol. The molecule has 0 bridgehead atoms. The lowest BCUT2D eigenvalue weighted by Crippen LogP contribution is -2.16. The third-order valence-corrected chi connectivity index (χ3v) is 3.87. The van der Waals surface area contributed by atoms with Crippen LogP contribution >= 0.6 is 23.2 Å². The van der Waals surface area contributed by atoms with E-state index in [0.29, 0.717) is 27.9 Å². The summed E-state index contributed by atoms with van der Waals surface area (Å²) < 4.78 is 1.42. The number of carbonyl (C=O) groups excluding carboxylic acids is 2. The molecule has 0 aliphatic rings. The monoisotopic (exact) mass is 404 g/mol. The number of halogens is 2. The average Bonchev–Trinajstić information content (AvgIpc) is 2.94. The molecule has 0 aliphatic heterocycles. The second-order valence-electron chi connectivity index (χ2n) is 5.61. The lowest BCUT2D eigenvalue weighted by molar-refractivity contribution is -0.114. The van der Waals surface area contributed by atoms with Crippen molar-refractivity contribution in [3.63, 3.8) is 0 Å². The van der Waals surface area contributed by atoms with E-state index in [0.717, 1.165) is 0 Å². The van der Waals surface area contributed by atoms with Crippen LogP contribution in [0.2, 0.25) is 10.0 Å². The highest BCUT2D eigenvalue weighted by molar-refractivity contribution is 6.35. The van der Waals surface area contributed by atoms with E-state index in [1.54, 1.807) is 13.0 Å². The molecule has 0 aromatic carbocycles. The first-order valence-electron chi connectivity index (χ1n) is 7.76. The Hall–Kier alpha value is -2.97. The summed E-state index contributed by atoms with van der Waals surface area (Å²) in [5.74, 6) is 0.306. The van der Waals surface area contributed by atoms with E-state index < -0.39 is 5.91 Å². The molecule has 0 spiro atoms. The Labute approximate surface area is 164 Å². The molecule has 0 saturated carbocycles. The largest absolute Gasteiger partial charge is 0.311 e. The Morgan fingerprint density at radius 1 is 1.11 bits per heavy atom. The topological polar surface area (TPSA) is 102 Å². The average molecular weight is 405 g/mol. The predicted octanol–water partition coefficient (Wildman–Crippen LogP) is 3.49. The van der Waals surface area contributed by atoms with Crippen LogP contribution in [0.1, 0.15) is 23.0 Å². The highest BCUT2D eigenvalue weighted by atomic mass is 35.5. The summed E-state index contributed by atoms with van der Waals surface area (Å²) in [6.07, 6.45) is 2.87. The summed E-state index contributed by atoms with van der Waals surface area (Å²) >= 11 is 12.1. The zero-order valence-electron chi connectivity index (χ0n) is 14.3. The molecule has 3 heterocycles. The van der Waals surface area contributed by atoms with Gasteiger partial charge >= 0.3 is 0 Å². The van der Waals surface area contributed by atoms with Crippen molar-refractivity contribution in [1.29, 1.82) is 0 Å². The summed E-state index contributed by atoms with van der Waals surface area (Å²) in [6, 6.07) is 6.22. The van der Waals surface area contributed by atoms with Crippen LogP contribution in [0.15, 0.2) is 36.7 Å². The molecule has 138 valence electrons. The third-order valence-electron chi connectivity index (χ3n) is 3.39. The third kappa shape index (κ3) is 4.42. The first-order valence-corrected chi connectivity index (χ1v) is 8.52. The lowest BCUT2D eigenvalue weighted by atomic mass is 10.2. The van der Waals surface area contributed by atoms with Crippen molar-refractivity contribution < 1.29 is 9.59 Å². The number of hydrogen-bond donors (Lipinski definition) is 2. The molecular formula is C17H14Cl2N6O2. The second-order valence-corrected chi connectivity index (χ2v) is 6.45. The van der Waals surface area contributed by atoms with Gasteiger partial charge in [-0.1, -0.05) is 23.2 Å². The van der Waals surface area contributed by atoms with Gasteiger partial charge in [0.2, 0.25) is 5.91 Å². The van der Waals surface area contributed by atoms with Gasteiger partial charge in [0.25, 0.3) is 5.91 Å². The quantitative estimate of drug-likeness (QED) is 0.692. The molecule has 3 aromatic rings. The van der Waals surface area contributed by atoms with Gasteiger partial charge in [0, 0.05) is 30.9 Å². The second kappa shape index (κ2) is 7.73. The van der Waals surface area contributed by atoms with Crippen LogP contribution in [0, 0.1) is 6.92 Å². The van der Waals surface area contributed by atoms with Crippen LogP contribution in [-0.2, 0) is 4.79 Å². The molecule has 0 saturated heterocycles. The maximum atomic E-state index is 12.6. The summed E-state index contributed by atoms with van der Waals surface area (Å²) in [5, 5.41) is 10.3. The summed E-state index contributed by atoms with van der Waals surface area (Å²) in [5.41, 5.74) is 0.973. The number of pyridine rings is 2. The van der Waals surface area contributed by atoms with Crippen molar-refractivity contribution >= 4 is 46.7 Å². The number of aryl methyl sites for hydroxylation is 1. The van der Waals surface area contributed by atoms with Crippen LogP contribution in [0.5, 0.6) is 0 Å². The molecule has 2 amide bonds. The van der Waals surface area contributed by atoms with E-state index in [-0.39, 0.29) is 16.7 Å². The van der Waals surface area contributed by atoms with E-state index >= 15 is 0 Å². The number of amides is 2. The van der Waals surface area contributed by atoms with Crippen LogP contribution in [-0.4, -0.2) is 31.6 Å². The molecule has 2 N–H and O–H groups in total. The SMILES string of the molecule is CC(=O)Nc1cc(C(=O)Nc2cc(C)nn2-c2ncc(Cl)cc2Cl)ccn1. The van der Waals surface area contributed by atoms with E-state index in [9.17, 15) is 9.59 Å². The standard InChI is InChI=1S/C17H14Cl2N6O2/c1-9-5-15(25(24-9)16-13(19)7-12(18)8-21-16)23-17(27)11-3-4-20-14(6-11)22-10(2)26/h3-8H,1-2H3,(H,23,27)(H,20,22,26). The Balaban J connectivity index is 1.90. The van der Waals surface area contributed by atoms with Gasteiger partial charge in [-0.05, 0) is 25.1 Å². The smallest absolute Gasteiger partial charge is 0.257 e. The molecule has 0 fully saturated rings. The molecule has 8 nitrogen and oxygen atoms in total. The highest BCUT2D eigenvalue weighted by Crippen LogP contribution is 2.25. The number of rotatable bonds is 4. The molecule has 3 aromatic heterocycles. The fourth-order valence-electron chi connectivity index (χ4n) is 2.32. The van der Waals surface area contributed by atoms with Gasteiger partial charge in [-0.15, -0.1) is 0 Å². The Kier molecular flexibility index (Phi) is 5.38. The van der Waals surface area contributed by atoms with Crippen molar-refractivity contribution in [3.8, 4) is 5.82 Å². The van der Waals surface area contributed by atoms with Gasteiger partial charge in [0.15, 0.2) is 5.82 Å². The molecule has 3 rings (SSSR count). The van der Waals surface area contributed by atoms with Crippen molar-refractivity contribution in [2.45, 2.75) is 13.8 Å². The minimum absolute atomic E-state index is 0.280. The molecule has 0 atom stereocenters. The number of nitrogens with zero attached hydrogens (tertiary/aromatic N) is 4. The van der Waals surface area contributed by atoms with Crippen LogP contribution in [0.4, 0.5) is 11.6 Å². The highest BCUT2D eigenvalue weighted by Gasteiger charge is 2.16. The van der Waals surface area contributed by atoms with E-state index in [4.69, 9.17) is 23.2 Å².